The van der Waals surface area contributed by atoms with Crippen molar-refractivity contribution in [2.75, 3.05) is 0 Å². The minimum absolute atomic E-state index is 0.150. The van der Waals surface area contributed by atoms with Gasteiger partial charge in [-0.3, -0.25) is 0 Å². The fraction of sp³-hybridized carbons (Fsp3) is 0.812. The molecule has 0 bridgehead atoms. The summed E-state index contributed by atoms with van der Waals surface area (Å²) in [6.45, 7) is 13.8. The first-order chi connectivity index (χ1) is 8.65. The average Bonchev–Trinajstić information content (AvgIpc) is 2.29. The predicted molar refractivity (Wildman–Crippen MR) is 80.0 cm³/mol. The number of carbonyl (C=O) groups is 1. The van der Waals surface area contributed by atoms with Gasteiger partial charge in [0, 0.05) is 17.3 Å². The Morgan fingerprint density at radius 1 is 1.37 bits per heavy atom. The molecule has 2 aliphatic rings. The molecule has 19 heavy (non-hydrogen) atoms. The van der Waals surface area contributed by atoms with Gasteiger partial charge in [0.25, 0.3) is 0 Å². The second-order valence-electron chi connectivity index (χ2n) is 7.51. The molecule has 1 aliphatic carbocycles. The van der Waals surface area contributed by atoms with Gasteiger partial charge in [-0.05, 0) is 36.5 Å². The molecule has 3 nitrogen and oxygen atoms in total. The third-order valence-electron chi connectivity index (χ3n) is 5.79. The Kier molecular flexibility index (Phi) is 3.23. The van der Waals surface area contributed by atoms with E-state index in [-0.39, 0.29) is 22.3 Å². The van der Waals surface area contributed by atoms with Gasteiger partial charge in [0.2, 0.25) is 0 Å². The maximum absolute atomic E-state index is 11.4. The Bertz CT molecular complexity index is 458. The van der Waals surface area contributed by atoms with E-state index in [9.17, 15) is 4.79 Å². The molecule has 0 aromatic rings. The summed E-state index contributed by atoms with van der Waals surface area (Å²) in [4.78, 5) is 19.6. The number of hydrogen-bond donors (Lipinski definition) is 0. The molecule has 106 valence electrons. The van der Waals surface area contributed by atoms with Crippen molar-refractivity contribution in [1.29, 1.82) is 0 Å². The van der Waals surface area contributed by atoms with Crippen molar-refractivity contribution in [2.24, 2.45) is 32.1 Å². The Morgan fingerprint density at radius 3 is 2.53 bits per heavy atom. The van der Waals surface area contributed by atoms with E-state index < -0.39 is 0 Å². The molecule has 1 heterocycles. The van der Waals surface area contributed by atoms with Crippen molar-refractivity contribution in [2.45, 2.75) is 60.8 Å². The van der Waals surface area contributed by atoms with Crippen LogP contribution in [0.15, 0.2) is 9.98 Å². The van der Waals surface area contributed by atoms with E-state index in [0.29, 0.717) is 5.92 Å². The summed E-state index contributed by atoms with van der Waals surface area (Å²) in [5.41, 5.74) is 1.36. The first-order valence-corrected chi connectivity index (χ1v) is 7.32. The number of nitrogens with zero attached hydrogens (tertiary/aromatic N) is 2. The molecule has 0 aromatic heterocycles. The molecule has 0 saturated heterocycles. The Morgan fingerprint density at radius 2 is 2.00 bits per heavy atom. The molecule has 2 amide bonds. The van der Waals surface area contributed by atoms with Gasteiger partial charge in [-0.1, -0.05) is 41.0 Å². The summed E-state index contributed by atoms with van der Waals surface area (Å²) >= 11 is 0. The molecule has 0 N–H and O–H groups in total. The Labute approximate surface area is 116 Å². The van der Waals surface area contributed by atoms with E-state index in [2.05, 4.69) is 51.5 Å². The van der Waals surface area contributed by atoms with E-state index in [1.807, 2.05) is 6.21 Å². The first-order valence-electron chi connectivity index (χ1n) is 7.32. The van der Waals surface area contributed by atoms with Gasteiger partial charge in [0.1, 0.15) is 0 Å². The number of fused-ring (bicyclic) bond motifs is 1. The molecule has 3 heteroatoms. The lowest BCUT2D eigenvalue weighted by Gasteiger charge is -2.57. The second kappa shape index (κ2) is 4.26. The normalized spacial score (nSPS) is 38.9. The summed E-state index contributed by atoms with van der Waals surface area (Å²) < 4.78 is 0. The predicted octanol–water partition coefficient (Wildman–Crippen LogP) is 4.51. The van der Waals surface area contributed by atoms with Gasteiger partial charge in [0.05, 0.1) is 0 Å². The molecule has 1 aliphatic heterocycles. The molecular weight excluding hydrogens is 236 g/mol. The van der Waals surface area contributed by atoms with Crippen LogP contribution in [0.3, 0.4) is 0 Å². The molecule has 1 fully saturated rings. The standard InChI is InChI=1S/C16H26N2O/c1-7-11-15(5)10-17-13(19)18-12(15)8-9-16(11,6)14(2,3)4/h10-11H,7-9H2,1-6H3. The molecule has 3 atom stereocenters. The molecule has 0 spiro atoms. The van der Waals surface area contributed by atoms with Gasteiger partial charge in [0.15, 0.2) is 0 Å². The van der Waals surface area contributed by atoms with Crippen molar-refractivity contribution in [3.8, 4) is 0 Å². The number of aliphatic imine (C=N–C) groups is 2. The van der Waals surface area contributed by atoms with Crippen LogP contribution in [0.25, 0.3) is 0 Å². The topological polar surface area (TPSA) is 41.8 Å². The summed E-state index contributed by atoms with van der Waals surface area (Å²) in [5, 5.41) is 0. The summed E-state index contributed by atoms with van der Waals surface area (Å²) in [5.74, 6) is 0.476. The summed E-state index contributed by atoms with van der Waals surface area (Å²) in [7, 11) is 0. The third kappa shape index (κ3) is 1.98. The smallest absolute Gasteiger partial charge is 0.244 e. The van der Waals surface area contributed by atoms with Crippen molar-refractivity contribution in [3.05, 3.63) is 0 Å². The lowest BCUT2D eigenvalue weighted by atomic mass is 9.47. The largest absolute Gasteiger partial charge is 0.366 e. The van der Waals surface area contributed by atoms with E-state index in [0.717, 1.165) is 25.0 Å². The van der Waals surface area contributed by atoms with Crippen LogP contribution in [0.2, 0.25) is 0 Å². The van der Waals surface area contributed by atoms with Crippen LogP contribution in [0, 0.1) is 22.2 Å². The van der Waals surface area contributed by atoms with Gasteiger partial charge in [-0.25, -0.2) is 14.8 Å². The van der Waals surface area contributed by atoms with Crippen LogP contribution in [0.5, 0.6) is 0 Å². The molecule has 1 saturated carbocycles. The molecule has 3 unspecified atom stereocenters. The highest BCUT2D eigenvalue weighted by Gasteiger charge is 2.55. The highest BCUT2D eigenvalue weighted by Crippen LogP contribution is 2.58. The number of hydrogen-bond acceptors (Lipinski definition) is 1. The van der Waals surface area contributed by atoms with Gasteiger partial charge in [-0.2, -0.15) is 0 Å². The van der Waals surface area contributed by atoms with Crippen molar-refractivity contribution >= 4 is 18.0 Å². The summed E-state index contributed by atoms with van der Waals surface area (Å²) in [6, 6.07) is -0.332. The lowest BCUT2D eigenvalue weighted by Crippen LogP contribution is -2.55. The van der Waals surface area contributed by atoms with E-state index in [4.69, 9.17) is 0 Å². The number of amides is 2. The Balaban J connectivity index is 2.51. The van der Waals surface area contributed by atoms with Crippen LogP contribution in [0.1, 0.15) is 60.8 Å². The highest BCUT2D eigenvalue weighted by atomic mass is 16.2. The number of rotatable bonds is 1. The van der Waals surface area contributed by atoms with E-state index >= 15 is 0 Å². The van der Waals surface area contributed by atoms with Crippen LogP contribution < -0.4 is 0 Å². The molecule has 0 aromatic carbocycles. The number of urea groups is 1. The fourth-order valence-corrected chi connectivity index (χ4v) is 4.13. The zero-order chi connectivity index (χ0) is 14.5. The van der Waals surface area contributed by atoms with Crippen molar-refractivity contribution in [3.63, 3.8) is 0 Å². The van der Waals surface area contributed by atoms with Gasteiger partial charge < -0.3 is 0 Å². The van der Waals surface area contributed by atoms with Crippen molar-refractivity contribution in [1.82, 2.24) is 0 Å². The average molecular weight is 262 g/mol. The van der Waals surface area contributed by atoms with Gasteiger partial charge >= 0.3 is 6.03 Å². The molecular formula is C16H26N2O. The van der Waals surface area contributed by atoms with Crippen LogP contribution in [0.4, 0.5) is 4.79 Å². The number of carbonyl (C=O) groups excluding carboxylic acids is 1. The van der Waals surface area contributed by atoms with Crippen LogP contribution in [-0.2, 0) is 0 Å². The highest BCUT2D eigenvalue weighted by molar-refractivity contribution is 6.13. The van der Waals surface area contributed by atoms with Gasteiger partial charge in [-0.15, -0.1) is 0 Å². The molecule has 2 rings (SSSR count). The van der Waals surface area contributed by atoms with E-state index in [1.165, 1.54) is 0 Å². The van der Waals surface area contributed by atoms with Crippen molar-refractivity contribution < 1.29 is 4.79 Å². The molecule has 0 radical (unpaired) electrons. The van der Waals surface area contributed by atoms with Crippen LogP contribution in [-0.4, -0.2) is 18.0 Å². The zero-order valence-electron chi connectivity index (χ0n) is 13.1. The maximum Gasteiger partial charge on any atom is 0.366 e. The van der Waals surface area contributed by atoms with E-state index in [1.54, 1.807) is 0 Å². The maximum atomic E-state index is 11.4. The Hall–Kier alpha value is -0.990. The zero-order valence-corrected chi connectivity index (χ0v) is 13.1. The second-order valence-corrected chi connectivity index (χ2v) is 7.51. The fourth-order valence-electron chi connectivity index (χ4n) is 4.13. The third-order valence-corrected chi connectivity index (χ3v) is 5.79. The minimum Gasteiger partial charge on any atom is -0.244 e. The monoisotopic (exact) mass is 262 g/mol. The SMILES string of the molecule is CCC1C2(C)C=NC(=O)N=C2CCC1(C)C(C)(C)C. The minimum atomic E-state index is -0.332. The first kappa shape index (κ1) is 14.4. The lowest BCUT2D eigenvalue weighted by molar-refractivity contribution is -0.0148. The van der Waals surface area contributed by atoms with Crippen LogP contribution >= 0.6 is 0 Å². The summed E-state index contributed by atoms with van der Waals surface area (Å²) in [6.07, 6.45) is 4.97. The quantitative estimate of drug-likeness (QED) is 0.685.